The molecule has 1 atom stereocenters. The first-order valence-corrected chi connectivity index (χ1v) is 6.92. The Labute approximate surface area is 123 Å². The summed E-state index contributed by atoms with van der Waals surface area (Å²) in [5.41, 5.74) is 1.00. The van der Waals surface area contributed by atoms with Crippen LogP contribution in [0.5, 0.6) is 5.75 Å². The van der Waals surface area contributed by atoms with Gasteiger partial charge < -0.3 is 10.1 Å². The maximum absolute atomic E-state index is 13.7. The molecule has 3 rings (SSSR count). The molecule has 0 bridgehead atoms. The van der Waals surface area contributed by atoms with Gasteiger partial charge in [0.05, 0.1) is 5.69 Å². The second kappa shape index (κ2) is 5.25. The maximum Gasteiger partial charge on any atom is 0.235 e. The van der Waals surface area contributed by atoms with Crippen LogP contribution in [0.4, 0.5) is 10.1 Å². The van der Waals surface area contributed by atoms with Crippen molar-refractivity contribution in [3.8, 4) is 5.75 Å². The summed E-state index contributed by atoms with van der Waals surface area (Å²) in [4.78, 5) is 12.2. The van der Waals surface area contributed by atoms with Crippen molar-refractivity contribution in [3.05, 3.63) is 58.3 Å². The van der Waals surface area contributed by atoms with Gasteiger partial charge in [0.25, 0.3) is 0 Å². The Morgan fingerprint density at radius 3 is 2.90 bits per heavy atom. The number of ether oxygens (including phenoxy) is 1. The number of hydrogen-bond donors (Lipinski definition) is 1. The van der Waals surface area contributed by atoms with Gasteiger partial charge in [-0.25, -0.2) is 4.39 Å². The van der Waals surface area contributed by atoms with E-state index in [9.17, 15) is 9.18 Å². The number of carbonyl (C=O) groups excluding carboxylic acids is 1. The van der Waals surface area contributed by atoms with Crippen LogP contribution in [0.1, 0.15) is 11.5 Å². The normalized spacial score (nSPS) is 16.4. The van der Waals surface area contributed by atoms with E-state index in [1.54, 1.807) is 6.07 Å². The average Bonchev–Trinajstić information content (AvgIpc) is 2.86. The monoisotopic (exact) mass is 335 g/mol. The summed E-state index contributed by atoms with van der Waals surface area (Å²) >= 11 is 3.18. The van der Waals surface area contributed by atoms with Crippen LogP contribution in [0, 0.1) is 5.82 Å². The second-order valence-electron chi connectivity index (χ2n) is 4.51. The van der Waals surface area contributed by atoms with E-state index >= 15 is 0 Å². The van der Waals surface area contributed by atoms with Gasteiger partial charge in [0.1, 0.15) is 24.1 Å². The highest BCUT2D eigenvalue weighted by Crippen LogP contribution is 2.34. The lowest BCUT2D eigenvalue weighted by molar-refractivity contribution is -0.117. The van der Waals surface area contributed by atoms with E-state index in [2.05, 4.69) is 21.2 Å². The number of carbonyl (C=O) groups is 1. The van der Waals surface area contributed by atoms with Gasteiger partial charge in [0, 0.05) is 10.0 Å². The molecule has 1 heterocycles. The first-order chi connectivity index (χ1) is 9.65. The number of amides is 1. The second-order valence-corrected chi connectivity index (χ2v) is 5.43. The summed E-state index contributed by atoms with van der Waals surface area (Å²) in [6.45, 7) is 0.281. The molecule has 0 aromatic heterocycles. The molecule has 1 aliphatic heterocycles. The molecular formula is C15H11BrFNO2. The molecule has 20 heavy (non-hydrogen) atoms. The van der Waals surface area contributed by atoms with Crippen LogP contribution in [-0.2, 0) is 4.79 Å². The number of para-hydroxylation sites is 1. The van der Waals surface area contributed by atoms with E-state index in [-0.39, 0.29) is 18.2 Å². The minimum atomic E-state index is -0.472. The summed E-state index contributed by atoms with van der Waals surface area (Å²) in [6.07, 6.45) is 0. The number of halogens is 2. The molecule has 0 fully saturated rings. The van der Waals surface area contributed by atoms with Crippen LogP contribution in [0.3, 0.4) is 0 Å². The highest BCUT2D eigenvalue weighted by molar-refractivity contribution is 9.10. The Kier molecular flexibility index (Phi) is 3.44. The lowest BCUT2D eigenvalue weighted by Gasteiger charge is -2.11. The van der Waals surface area contributed by atoms with Crippen molar-refractivity contribution in [1.82, 2.24) is 0 Å². The van der Waals surface area contributed by atoms with Crippen LogP contribution in [0.25, 0.3) is 0 Å². The first kappa shape index (κ1) is 13.1. The van der Waals surface area contributed by atoms with Crippen molar-refractivity contribution in [3.63, 3.8) is 0 Å². The van der Waals surface area contributed by atoms with Crippen molar-refractivity contribution in [2.45, 2.75) is 5.92 Å². The van der Waals surface area contributed by atoms with Gasteiger partial charge in [0.2, 0.25) is 5.91 Å². The summed E-state index contributed by atoms with van der Waals surface area (Å²) in [5, 5.41) is 2.61. The standard InChI is InChI=1S/C15H11BrFNO2/c16-9-5-6-13(12(17)7-9)18-15(19)11-8-20-14-4-2-1-3-10(11)14/h1-7,11H,8H2,(H,18,19). The minimum absolute atomic E-state index is 0.169. The number of benzene rings is 2. The zero-order valence-corrected chi connectivity index (χ0v) is 12.0. The van der Waals surface area contributed by atoms with Gasteiger partial charge in [-0.1, -0.05) is 34.1 Å². The number of hydrogen-bond acceptors (Lipinski definition) is 2. The predicted octanol–water partition coefficient (Wildman–Crippen LogP) is 3.70. The zero-order chi connectivity index (χ0) is 14.1. The van der Waals surface area contributed by atoms with Crippen LogP contribution >= 0.6 is 15.9 Å². The SMILES string of the molecule is O=C(Nc1ccc(Br)cc1F)C1COc2ccccc21. The lowest BCUT2D eigenvalue weighted by Crippen LogP contribution is -2.22. The fourth-order valence-electron chi connectivity index (χ4n) is 2.19. The molecule has 0 aliphatic carbocycles. The van der Waals surface area contributed by atoms with Gasteiger partial charge in [-0.15, -0.1) is 0 Å². The third-order valence-corrected chi connectivity index (χ3v) is 3.70. The molecule has 0 radical (unpaired) electrons. The highest BCUT2D eigenvalue weighted by atomic mass is 79.9. The summed E-state index contributed by atoms with van der Waals surface area (Å²) in [6, 6.07) is 11.9. The molecule has 0 saturated heterocycles. The van der Waals surface area contributed by atoms with E-state index in [1.165, 1.54) is 12.1 Å². The van der Waals surface area contributed by atoms with E-state index in [1.807, 2.05) is 24.3 Å². The van der Waals surface area contributed by atoms with Crippen LogP contribution < -0.4 is 10.1 Å². The fraction of sp³-hybridized carbons (Fsp3) is 0.133. The number of rotatable bonds is 2. The molecule has 2 aromatic carbocycles. The van der Waals surface area contributed by atoms with Gasteiger partial charge in [-0.2, -0.15) is 0 Å². The molecule has 1 unspecified atom stereocenters. The summed E-state index contributed by atoms with van der Waals surface area (Å²) < 4.78 is 19.8. The zero-order valence-electron chi connectivity index (χ0n) is 10.4. The Hall–Kier alpha value is -1.88. The molecule has 3 nitrogen and oxygen atoms in total. The third kappa shape index (κ3) is 2.41. The Morgan fingerprint density at radius 1 is 1.30 bits per heavy atom. The predicted molar refractivity (Wildman–Crippen MR) is 77.4 cm³/mol. The van der Waals surface area contributed by atoms with E-state index in [0.717, 1.165) is 5.56 Å². The van der Waals surface area contributed by atoms with Crippen molar-refractivity contribution >= 4 is 27.5 Å². The Balaban J connectivity index is 1.81. The van der Waals surface area contributed by atoms with Crippen LogP contribution in [-0.4, -0.2) is 12.5 Å². The van der Waals surface area contributed by atoms with Gasteiger partial charge in [0.15, 0.2) is 0 Å². The fourth-order valence-corrected chi connectivity index (χ4v) is 2.52. The minimum Gasteiger partial charge on any atom is -0.492 e. The highest BCUT2D eigenvalue weighted by Gasteiger charge is 2.30. The van der Waals surface area contributed by atoms with Crippen LogP contribution in [0.2, 0.25) is 0 Å². The maximum atomic E-state index is 13.7. The molecule has 102 valence electrons. The number of fused-ring (bicyclic) bond motifs is 1. The number of anilines is 1. The van der Waals surface area contributed by atoms with Gasteiger partial charge >= 0.3 is 0 Å². The quantitative estimate of drug-likeness (QED) is 0.908. The topological polar surface area (TPSA) is 38.3 Å². The Bertz CT molecular complexity index is 675. The molecule has 2 aromatic rings. The molecule has 1 aliphatic rings. The van der Waals surface area contributed by atoms with Crippen molar-refractivity contribution in [2.24, 2.45) is 0 Å². The Morgan fingerprint density at radius 2 is 2.10 bits per heavy atom. The summed E-state index contributed by atoms with van der Waals surface area (Å²) in [5.74, 6) is -0.436. The van der Waals surface area contributed by atoms with Crippen LogP contribution in [0.15, 0.2) is 46.9 Å². The third-order valence-electron chi connectivity index (χ3n) is 3.21. The van der Waals surface area contributed by atoms with Crippen molar-refractivity contribution in [1.29, 1.82) is 0 Å². The van der Waals surface area contributed by atoms with E-state index < -0.39 is 11.7 Å². The molecular weight excluding hydrogens is 325 g/mol. The smallest absolute Gasteiger partial charge is 0.235 e. The molecule has 1 amide bonds. The van der Waals surface area contributed by atoms with E-state index in [0.29, 0.717) is 10.2 Å². The van der Waals surface area contributed by atoms with E-state index in [4.69, 9.17) is 4.74 Å². The lowest BCUT2D eigenvalue weighted by atomic mass is 10.0. The molecule has 1 N–H and O–H groups in total. The average molecular weight is 336 g/mol. The van der Waals surface area contributed by atoms with Crippen molar-refractivity contribution in [2.75, 3.05) is 11.9 Å². The number of nitrogens with one attached hydrogen (secondary N) is 1. The molecule has 5 heteroatoms. The molecule has 0 saturated carbocycles. The first-order valence-electron chi connectivity index (χ1n) is 6.13. The van der Waals surface area contributed by atoms with Crippen molar-refractivity contribution < 1.29 is 13.9 Å². The summed E-state index contributed by atoms with van der Waals surface area (Å²) in [7, 11) is 0. The van der Waals surface area contributed by atoms with Gasteiger partial charge in [-0.3, -0.25) is 4.79 Å². The molecule has 0 spiro atoms. The largest absolute Gasteiger partial charge is 0.492 e. The van der Waals surface area contributed by atoms with Gasteiger partial charge in [-0.05, 0) is 24.3 Å².